The average Bonchev–Trinajstić information content (AvgIpc) is 1.34. The van der Waals surface area contributed by atoms with Crippen LogP contribution in [0.5, 0.6) is 40.2 Å². The molecule has 0 spiro atoms. The van der Waals surface area contributed by atoms with Crippen molar-refractivity contribution in [3.8, 4) is 40.2 Å². The first kappa shape index (κ1) is 116. The number of carbonyl (C=O) groups excluding carboxylic acids is 11. The lowest BCUT2D eigenvalue weighted by Crippen LogP contribution is -2.33. The van der Waals surface area contributed by atoms with Crippen molar-refractivity contribution in [2.24, 2.45) is 17.2 Å². The number of carbonyl (C=O) groups is 11. The van der Waals surface area contributed by atoms with Gasteiger partial charge in [-0.1, -0.05) is 84.5 Å². The van der Waals surface area contributed by atoms with Gasteiger partial charge < -0.3 is 142 Å². The second kappa shape index (κ2) is 53.2. The monoisotopic (exact) mass is 2010 g/mol. The number of esters is 7. The predicted molar refractivity (Wildman–Crippen MR) is 517 cm³/mol. The Morgan fingerprint density at radius 2 is 0.566 bits per heavy atom. The molecule has 9 unspecified atom stereocenters. The number of amides is 3. The Balaban J connectivity index is 0.000000308. The van der Waals surface area contributed by atoms with Gasteiger partial charge in [-0.15, -0.1) is 0 Å². The maximum atomic E-state index is 13.8. The molecular weight excluding hydrogens is 1880 g/mol. The third kappa shape index (κ3) is 30.0. The minimum absolute atomic E-state index is 0.0762. The molecule has 770 valence electrons. The van der Waals surface area contributed by atoms with Crippen LogP contribution in [0.1, 0.15) is 271 Å². The number of rotatable bonds is 44. The third-order valence-electron chi connectivity index (χ3n) is 22.6. The highest BCUT2D eigenvalue weighted by Crippen LogP contribution is 2.50. The van der Waals surface area contributed by atoms with Gasteiger partial charge in [-0.25, -0.2) is 28.8 Å². The number of ether oxygens (including phenoxy) is 10. The number of hydrogen-bond acceptors (Lipinski definition) is 36. The van der Waals surface area contributed by atoms with E-state index in [9.17, 15) is 114 Å². The molecular formula is C103H123ClN6O33. The molecule has 7 aromatic rings. The summed E-state index contributed by atoms with van der Waals surface area (Å²) in [4.78, 5) is 137. The summed E-state index contributed by atoms with van der Waals surface area (Å²) in [5.74, 6) is -13.2. The number of aromatic hydroxyl groups is 6. The number of aliphatic hydroxyl groups is 6. The van der Waals surface area contributed by atoms with Crippen LogP contribution in [0.25, 0.3) is 0 Å². The van der Waals surface area contributed by atoms with Crippen LogP contribution in [0.15, 0.2) is 146 Å². The van der Waals surface area contributed by atoms with E-state index < -0.39 is 229 Å². The molecule has 0 aliphatic carbocycles. The van der Waals surface area contributed by atoms with Gasteiger partial charge in [-0.3, -0.25) is 24.0 Å². The van der Waals surface area contributed by atoms with Crippen molar-refractivity contribution in [3.05, 3.63) is 274 Å². The molecule has 0 saturated carbocycles. The molecule has 0 aromatic heterocycles. The summed E-state index contributed by atoms with van der Waals surface area (Å²) in [7, 11) is 0. The Morgan fingerprint density at radius 1 is 0.357 bits per heavy atom. The molecule has 3 heterocycles. The standard InChI is InChI=1S/C48H51N3O18.C27H39N3O9.C18H24O3.C10H9ClO3/c1-22(2)46(64)67-19-34(55)37-28(16-49-43(61)25-10-7-13-31(52)40(25)58)38(35(56)20-68-47(65)23(3)4)30(18-51-45(63)27-12-9-15-33(54)42(27)60)39(36(57)21-69-48(66)24(5)6)29(37)17-50-44(62)26-11-8-14-32(53)41(26)59;1-13(2)25(34)37-10-19(31)22-16(7-28)23(20(32)11-38-26(35)14(3)4)18(9-30)24(17(22)8-29)21(33)12-39-27(36)15(5)6;1-4-10-16(13-7-19-13)11(5-2)18(15-9-21-15)12(6-3)17(10)14-8-20-14;1-6-8(10(11)13)4-3-5-9(6)14-7(2)12/h7-15,34-36,52-60H,1,3,5,16-21H2,2,4,6H3,(H,49,61)(H,50,62)(H,51,63);19-21,31-33H,1,3,5,7-12,28-30H2,2,4,6H3;13-15H,4-9H2,1-3H3;3-5H,1-2H3. The fourth-order valence-electron chi connectivity index (χ4n) is 15.7. The molecule has 21 N–H and O–H groups in total. The van der Waals surface area contributed by atoms with Crippen molar-refractivity contribution in [1.82, 2.24) is 16.0 Å². The van der Waals surface area contributed by atoms with E-state index in [1.807, 2.05) is 0 Å². The first-order valence-corrected chi connectivity index (χ1v) is 45.3. The van der Waals surface area contributed by atoms with Gasteiger partial charge >= 0.3 is 41.8 Å². The van der Waals surface area contributed by atoms with Gasteiger partial charge in [0, 0.05) is 90.8 Å². The Morgan fingerprint density at radius 3 is 0.755 bits per heavy atom. The lowest BCUT2D eigenvalue weighted by Gasteiger charge is -2.32. The molecule has 143 heavy (non-hydrogen) atoms. The first-order valence-electron chi connectivity index (χ1n) is 45.0. The summed E-state index contributed by atoms with van der Waals surface area (Å²) in [6.07, 6.45) is -6.60. The fourth-order valence-corrected chi connectivity index (χ4v) is 15.9. The van der Waals surface area contributed by atoms with Crippen molar-refractivity contribution in [3.63, 3.8) is 0 Å². The smallest absolute Gasteiger partial charge is 0.333 e. The van der Waals surface area contributed by atoms with Crippen molar-refractivity contribution in [1.29, 1.82) is 0 Å². The zero-order chi connectivity index (χ0) is 107. The highest BCUT2D eigenvalue weighted by molar-refractivity contribution is 6.68. The van der Waals surface area contributed by atoms with Crippen molar-refractivity contribution >= 4 is 76.4 Å². The number of epoxide rings is 3. The van der Waals surface area contributed by atoms with E-state index in [0.717, 1.165) is 75.5 Å². The van der Waals surface area contributed by atoms with Gasteiger partial charge in [0.05, 0.1) is 36.5 Å². The molecule has 9 atom stereocenters. The molecule has 3 saturated heterocycles. The van der Waals surface area contributed by atoms with Gasteiger partial charge in [0.15, 0.2) is 34.5 Å². The molecule has 3 aliphatic rings. The Bertz CT molecular complexity index is 5480. The van der Waals surface area contributed by atoms with E-state index in [0.29, 0.717) is 35.2 Å². The quantitative estimate of drug-likeness (QED) is 0.00321. The van der Waals surface area contributed by atoms with Crippen molar-refractivity contribution in [2.45, 2.75) is 190 Å². The number of nitrogens with two attached hydrogens (primary N) is 3. The summed E-state index contributed by atoms with van der Waals surface area (Å²) in [5.41, 5.74) is 25.0. The van der Waals surface area contributed by atoms with E-state index in [-0.39, 0.29) is 103 Å². The normalized spacial score (nSPS) is 14.7. The van der Waals surface area contributed by atoms with Crippen LogP contribution >= 0.6 is 11.6 Å². The van der Waals surface area contributed by atoms with Crippen LogP contribution < -0.4 is 37.9 Å². The summed E-state index contributed by atoms with van der Waals surface area (Å²) in [6.45, 7) is 34.0. The molecule has 10 rings (SSSR count). The molecule has 0 radical (unpaired) electrons. The predicted octanol–water partition coefficient (Wildman–Crippen LogP) is 9.58. The van der Waals surface area contributed by atoms with Crippen LogP contribution in [0.2, 0.25) is 0 Å². The van der Waals surface area contributed by atoms with E-state index in [1.165, 1.54) is 100 Å². The maximum Gasteiger partial charge on any atom is 0.333 e. The number of halogens is 1. The lowest BCUT2D eigenvalue weighted by atomic mass is 9.80. The zero-order valence-corrected chi connectivity index (χ0v) is 81.9. The van der Waals surface area contributed by atoms with Crippen LogP contribution in [0.4, 0.5) is 0 Å². The number of phenols is 6. The zero-order valence-electron chi connectivity index (χ0n) is 81.1. The minimum atomic E-state index is -2.07. The van der Waals surface area contributed by atoms with Crippen LogP contribution in [-0.4, -0.2) is 185 Å². The maximum absolute atomic E-state index is 13.8. The summed E-state index contributed by atoms with van der Waals surface area (Å²) < 4.78 is 53.2. The number of aliphatic hydroxyl groups excluding tert-OH is 6. The highest BCUT2D eigenvalue weighted by Gasteiger charge is 2.43. The Labute approximate surface area is 829 Å². The Kier molecular flexibility index (Phi) is 43.1. The fraction of sp³-hybridized carbons (Fsp3) is 0.369. The number of phenolic OH excluding ortho intramolecular Hbond substituents is 6. The van der Waals surface area contributed by atoms with Crippen LogP contribution in [0, 0.1) is 6.92 Å². The minimum Gasteiger partial charge on any atom is -0.504 e. The number of nitrogens with one attached hydrogen (secondary N) is 3. The van der Waals surface area contributed by atoms with Gasteiger partial charge in [-0.05, 0) is 228 Å². The van der Waals surface area contributed by atoms with E-state index in [4.69, 9.17) is 76.2 Å². The first-order chi connectivity index (χ1) is 67.5. The van der Waals surface area contributed by atoms with E-state index in [1.54, 1.807) is 25.1 Å². The van der Waals surface area contributed by atoms with Gasteiger partial charge in [-0.2, -0.15) is 0 Å². The molecule has 7 aromatic carbocycles. The van der Waals surface area contributed by atoms with Gasteiger partial charge in [0.1, 0.15) is 100 Å². The average molecular weight is 2010 g/mol. The van der Waals surface area contributed by atoms with Crippen molar-refractivity contribution in [2.75, 3.05) is 59.5 Å². The SMILES string of the molecule is C=C(C)C(=O)OCC(O)c1c(CN)c(C(O)COC(=O)C(=C)C)c(CN)c(C(O)COC(=O)C(=C)C)c1CN.C=C(C)C(=O)OCC(O)c1c(CNC(=O)c2cccc(O)c2O)c(C(O)COC(=O)C(=C)C)c(CNC(=O)c2cccc(O)c2O)c(C(O)COC(=O)C(=C)C)c1CNC(=O)c1cccc(O)c1O.CC(=O)Oc1cccc(C(=O)Cl)c1C.CCc1c(C2CO2)c(CC)c(C2CO2)c(CC)c1C1CO1. The highest BCUT2D eigenvalue weighted by atomic mass is 35.5. The van der Waals surface area contributed by atoms with E-state index >= 15 is 0 Å². The third-order valence-corrected chi connectivity index (χ3v) is 22.8. The largest absolute Gasteiger partial charge is 0.504 e. The number of hydrogen-bond donors (Lipinski definition) is 18. The summed E-state index contributed by atoms with van der Waals surface area (Å²) in [6, 6.07) is 15.1. The summed E-state index contributed by atoms with van der Waals surface area (Å²) >= 11 is 5.34. The van der Waals surface area contributed by atoms with Crippen molar-refractivity contribution < 1.29 is 161 Å². The second-order valence-electron chi connectivity index (χ2n) is 33.4. The summed E-state index contributed by atoms with van der Waals surface area (Å²) in [5, 5.41) is 139. The molecule has 0 bridgehead atoms. The molecule has 3 amide bonds. The molecule has 3 aliphatic heterocycles. The molecule has 39 nitrogen and oxygen atoms in total. The molecule has 3 fully saturated rings. The van der Waals surface area contributed by atoms with Crippen LogP contribution in [-0.2, 0) is 135 Å². The van der Waals surface area contributed by atoms with Gasteiger partial charge in [0.2, 0.25) is 0 Å². The lowest BCUT2D eigenvalue weighted by molar-refractivity contribution is -0.143. The topological polar surface area (TPSA) is 647 Å². The number of benzene rings is 7. The van der Waals surface area contributed by atoms with E-state index in [2.05, 4.69) is 76.2 Å². The molecule has 40 heteroatoms. The Hall–Kier alpha value is -14.0. The second-order valence-corrected chi connectivity index (χ2v) is 33.7. The van der Waals surface area contributed by atoms with Crippen LogP contribution in [0.3, 0.4) is 0 Å². The van der Waals surface area contributed by atoms with Gasteiger partial charge in [0.25, 0.3) is 23.0 Å². The number of para-hydroxylation sites is 3.